The van der Waals surface area contributed by atoms with Gasteiger partial charge in [0.2, 0.25) is 6.79 Å². The highest BCUT2D eigenvalue weighted by molar-refractivity contribution is 5.51. The van der Waals surface area contributed by atoms with Gasteiger partial charge in [0, 0.05) is 23.7 Å². The number of aliphatic hydroxyl groups is 1. The first-order chi connectivity index (χ1) is 9.89. The quantitative estimate of drug-likeness (QED) is 0.844. The zero-order valence-corrected chi connectivity index (χ0v) is 13.2. The molecule has 0 radical (unpaired) electrons. The van der Waals surface area contributed by atoms with Crippen molar-refractivity contribution in [1.29, 1.82) is 0 Å². The van der Waals surface area contributed by atoms with Gasteiger partial charge in [0.1, 0.15) is 12.4 Å². The van der Waals surface area contributed by atoms with Gasteiger partial charge in [-0.1, -0.05) is 6.92 Å². The summed E-state index contributed by atoms with van der Waals surface area (Å²) in [4.78, 5) is 0. The predicted molar refractivity (Wildman–Crippen MR) is 81.0 cm³/mol. The molecule has 0 bridgehead atoms. The Hall–Kier alpha value is -1.46. The Morgan fingerprint density at radius 2 is 1.95 bits per heavy atom. The van der Waals surface area contributed by atoms with Crippen LogP contribution in [-0.2, 0) is 6.54 Å². The van der Waals surface area contributed by atoms with Crippen LogP contribution in [-0.4, -0.2) is 30.1 Å². The lowest BCUT2D eigenvalue weighted by atomic mass is 10.1. The van der Waals surface area contributed by atoms with Gasteiger partial charge >= 0.3 is 0 Å². The van der Waals surface area contributed by atoms with Crippen LogP contribution < -0.4 is 19.5 Å². The minimum atomic E-state index is -0.459. The standard InChI is InChI=1S/C16H25NO4/c1-5-12(18)9-19-13-7-15-14(20-10-21-15)6-11(13)8-17-16(2,3)4/h6-7,12,17-18H,5,8-10H2,1-4H3. The van der Waals surface area contributed by atoms with Crippen LogP contribution in [0.1, 0.15) is 39.7 Å². The van der Waals surface area contributed by atoms with E-state index in [1.54, 1.807) is 0 Å². The van der Waals surface area contributed by atoms with Crippen molar-refractivity contribution in [3.05, 3.63) is 17.7 Å². The predicted octanol–water partition coefficient (Wildman–Crippen LogP) is 2.45. The SMILES string of the molecule is CCC(O)COc1cc2c(cc1CNC(C)(C)C)OCO2. The monoisotopic (exact) mass is 295 g/mol. The second-order valence-corrected chi connectivity index (χ2v) is 6.29. The zero-order valence-electron chi connectivity index (χ0n) is 13.2. The number of hydrogen-bond acceptors (Lipinski definition) is 5. The first-order valence-electron chi connectivity index (χ1n) is 7.37. The third-order valence-electron chi connectivity index (χ3n) is 3.27. The van der Waals surface area contributed by atoms with Crippen LogP contribution >= 0.6 is 0 Å². The van der Waals surface area contributed by atoms with Gasteiger partial charge in [0.15, 0.2) is 11.5 Å². The van der Waals surface area contributed by atoms with Gasteiger partial charge in [-0.15, -0.1) is 0 Å². The van der Waals surface area contributed by atoms with Gasteiger partial charge in [0.05, 0.1) is 6.10 Å². The Balaban J connectivity index is 2.15. The molecule has 0 fully saturated rings. The Bertz CT molecular complexity index is 482. The summed E-state index contributed by atoms with van der Waals surface area (Å²) in [5.41, 5.74) is 1.01. The molecule has 0 saturated heterocycles. The first-order valence-corrected chi connectivity index (χ1v) is 7.37. The highest BCUT2D eigenvalue weighted by Crippen LogP contribution is 2.38. The van der Waals surface area contributed by atoms with Crippen molar-refractivity contribution < 1.29 is 19.3 Å². The van der Waals surface area contributed by atoms with Crippen LogP contribution in [0.4, 0.5) is 0 Å². The lowest BCUT2D eigenvalue weighted by Crippen LogP contribution is -2.35. The molecule has 2 rings (SSSR count). The van der Waals surface area contributed by atoms with Crippen LogP contribution in [0.3, 0.4) is 0 Å². The topological polar surface area (TPSA) is 60.0 Å². The van der Waals surface area contributed by atoms with E-state index >= 15 is 0 Å². The second-order valence-electron chi connectivity index (χ2n) is 6.29. The van der Waals surface area contributed by atoms with Crippen LogP contribution in [0, 0.1) is 0 Å². The molecule has 1 unspecified atom stereocenters. The molecule has 1 aliphatic rings. The summed E-state index contributed by atoms with van der Waals surface area (Å²) in [5.74, 6) is 2.16. The first kappa shape index (κ1) is 15.9. The third kappa shape index (κ3) is 4.51. The molecule has 2 N–H and O–H groups in total. The molecule has 118 valence electrons. The Kier molecular flexibility index (Phi) is 4.96. The van der Waals surface area contributed by atoms with Crippen molar-refractivity contribution in [2.45, 2.75) is 52.3 Å². The van der Waals surface area contributed by atoms with Crippen LogP contribution in [0.25, 0.3) is 0 Å². The molecule has 0 amide bonds. The summed E-state index contributed by atoms with van der Waals surface area (Å²) in [6.45, 7) is 9.44. The van der Waals surface area contributed by atoms with E-state index in [1.165, 1.54) is 0 Å². The van der Waals surface area contributed by atoms with Crippen molar-refractivity contribution >= 4 is 0 Å². The Morgan fingerprint density at radius 3 is 2.57 bits per heavy atom. The molecule has 1 aromatic rings. The van der Waals surface area contributed by atoms with Crippen molar-refractivity contribution in [3.8, 4) is 17.2 Å². The lowest BCUT2D eigenvalue weighted by Gasteiger charge is -2.22. The van der Waals surface area contributed by atoms with E-state index in [0.29, 0.717) is 18.7 Å². The Morgan fingerprint density at radius 1 is 1.29 bits per heavy atom. The number of aliphatic hydroxyl groups excluding tert-OH is 1. The van der Waals surface area contributed by atoms with E-state index in [0.717, 1.165) is 17.1 Å². The number of ether oxygens (including phenoxy) is 3. The van der Waals surface area contributed by atoms with Gasteiger partial charge in [-0.25, -0.2) is 0 Å². The average molecular weight is 295 g/mol. The lowest BCUT2D eigenvalue weighted by molar-refractivity contribution is 0.103. The molecule has 1 aliphatic heterocycles. The minimum absolute atomic E-state index is 0.0105. The van der Waals surface area contributed by atoms with Gasteiger partial charge < -0.3 is 24.6 Å². The molecular weight excluding hydrogens is 270 g/mol. The fraction of sp³-hybridized carbons (Fsp3) is 0.625. The molecule has 0 aromatic heterocycles. The third-order valence-corrected chi connectivity index (χ3v) is 3.27. The van der Waals surface area contributed by atoms with Gasteiger partial charge in [0.25, 0.3) is 0 Å². The van der Waals surface area contributed by atoms with E-state index in [1.807, 2.05) is 19.1 Å². The van der Waals surface area contributed by atoms with E-state index in [2.05, 4.69) is 26.1 Å². The van der Waals surface area contributed by atoms with E-state index in [-0.39, 0.29) is 18.9 Å². The van der Waals surface area contributed by atoms with E-state index < -0.39 is 6.10 Å². The zero-order chi connectivity index (χ0) is 15.5. The Labute approximate surface area is 126 Å². The molecule has 1 atom stereocenters. The fourth-order valence-electron chi connectivity index (χ4n) is 1.90. The summed E-state index contributed by atoms with van der Waals surface area (Å²) >= 11 is 0. The maximum atomic E-state index is 9.67. The largest absolute Gasteiger partial charge is 0.490 e. The molecule has 1 aromatic carbocycles. The normalized spacial score (nSPS) is 15.1. The summed E-state index contributed by atoms with van der Waals surface area (Å²) in [6.07, 6.45) is 0.207. The summed E-state index contributed by atoms with van der Waals surface area (Å²) < 4.78 is 16.6. The maximum absolute atomic E-state index is 9.67. The van der Waals surface area contributed by atoms with Crippen molar-refractivity contribution in [2.75, 3.05) is 13.4 Å². The fourth-order valence-corrected chi connectivity index (χ4v) is 1.90. The van der Waals surface area contributed by atoms with E-state index in [9.17, 15) is 5.11 Å². The maximum Gasteiger partial charge on any atom is 0.231 e. The molecule has 0 aliphatic carbocycles. The molecule has 0 saturated carbocycles. The molecule has 21 heavy (non-hydrogen) atoms. The summed E-state index contributed by atoms with van der Waals surface area (Å²) in [7, 11) is 0. The summed E-state index contributed by atoms with van der Waals surface area (Å²) in [5, 5.41) is 13.1. The van der Waals surface area contributed by atoms with Gasteiger partial charge in [-0.3, -0.25) is 0 Å². The van der Waals surface area contributed by atoms with Crippen LogP contribution in [0.5, 0.6) is 17.2 Å². The van der Waals surface area contributed by atoms with Crippen molar-refractivity contribution in [1.82, 2.24) is 5.32 Å². The smallest absolute Gasteiger partial charge is 0.231 e. The molecule has 1 heterocycles. The van der Waals surface area contributed by atoms with Gasteiger partial charge in [-0.05, 0) is 33.3 Å². The average Bonchev–Trinajstić information content (AvgIpc) is 2.87. The number of hydrogen-bond donors (Lipinski definition) is 2. The van der Waals surface area contributed by atoms with Gasteiger partial charge in [-0.2, -0.15) is 0 Å². The molecule has 0 spiro atoms. The number of rotatable bonds is 6. The molecular formula is C16H25NO4. The van der Waals surface area contributed by atoms with E-state index in [4.69, 9.17) is 14.2 Å². The summed E-state index contributed by atoms with van der Waals surface area (Å²) in [6, 6.07) is 3.78. The molecule has 5 heteroatoms. The van der Waals surface area contributed by atoms with Crippen LogP contribution in [0.2, 0.25) is 0 Å². The highest BCUT2D eigenvalue weighted by atomic mass is 16.7. The van der Waals surface area contributed by atoms with Crippen LogP contribution in [0.15, 0.2) is 12.1 Å². The molecule has 5 nitrogen and oxygen atoms in total. The number of nitrogens with one attached hydrogen (secondary N) is 1. The highest BCUT2D eigenvalue weighted by Gasteiger charge is 2.19. The second kappa shape index (κ2) is 6.54. The number of fused-ring (bicyclic) bond motifs is 1. The van der Waals surface area contributed by atoms with Crippen molar-refractivity contribution in [3.63, 3.8) is 0 Å². The van der Waals surface area contributed by atoms with Crippen molar-refractivity contribution in [2.24, 2.45) is 0 Å². The minimum Gasteiger partial charge on any atom is -0.490 e. The number of benzene rings is 1.